The summed E-state index contributed by atoms with van der Waals surface area (Å²) in [6.45, 7) is 1.97. The fraction of sp³-hybridized carbons (Fsp3) is 0.200. The Kier molecular flexibility index (Phi) is 2.21. The van der Waals surface area contributed by atoms with E-state index in [-0.39, 0.29) is 0 Å². The molecule has 0 bridgehead atoms. The number of benzene rings is 1. The molecule has 1 heterocycles. The second-order valence-electron chi connectivity index (χ2n) is 3.02. The number of ether oxygens (including phenoxy) is 1. The molecule has 2 rings (SSSR count). The van der Waals surface area contributed by atoms with Crippen molar-refractivity contribution in [2.24, 2.45) is 0 Å². The molecule has 1 N–H and O–H groups in total. The van der Waals surface area contributed by atoms with Crippen molar-refractivity contribution in [2.75, 3.05) is 7.11 Å². The summed E-state index contributed by atoms with van der Waals surface area (Å²) in [6.07, 6.45) is 0. The van der Waals surface area contributed by atoms with Crippen molar-refractivity contribution in [3.05, 3.63) is 28.7 Å². The van der Waals surface area contributed by atoms with Crippen LogP contribution in [-0.4, -0.2) is 17.1 Å². The van der Waals surface area contributed by atoms with Gasteiger partial charge in [-0.15, -0.1) is 0 Å². The summed E-state index contributed by atoms with van der Waals surface area (Å²) >= 11 is 5.01. The fourth-order valence-corrected chi connectivity index (χ4v) is 1.71. The number of hydrogen-bond acceptors (Lipinski definition) is 3. The third kappa shape index (κ3) is 1.37. The van der Waals surface area contributed by atoms with E-state index < -0.39 is 0 Å². The van der Waals surface area contributed by atoms with Crippen molar-refractivity contribution in [1.82, 2.24) is 9.97 Å². The molecule has 0 spiro atoms. The van der Waals surface area contributed by atoms with Crippen LogP contribution in [-0.2, 0) is 0 Å². The van der Waals surface area contributed by atoms with Crippen LogP contribution in [0, 0.1) is 11.7 Å². The summed E-state index contributed by atoms with van der Waals surface area (Å²) in [6, 6.07) is 5.81. The van der Waals surface area contributed by atoms with E-state index in [2.05, 4.69) is 9.97 Å². The zero-order chi connectivity index (χ0) is 10.1. The van der Waals surface area contributed by atoms with Crippen molar-refractivity contribution in [2.45, 2.75) is 6.92 Å². The number of hydrogen-bond donors (Lipinski definition) is 1. The van der Waals surface area contributed by atoms with Crippen LogP contribution in [0.4, 0.5) is 0 Å². The molecule has 0 fully saturated rings. The van der Waals surface area contributed by atoms with Gasteiger partial charge in [0.25, 0.3) is 0 Å². The van der Waals surface area contributed by atoms with Crippen LogP contribution >= 0.6 is 12.2 Å². The molecule has 0 saturated heterocycles. The average Bonchev–Trinajstić information content (AvgIpc) is 2.17. The largest absolute Gasteiger partial charge is 0.494 e. The molecule has 0 aliphatic heterocycles. The number of nitrogens with one attached hydrogen (secondary N) is 1. The van der Waals surface area contributed by atoms with E-state index in [1.807, 2.05) is 25.1 Å². The number of methoxy groups -OCH3 is 1. The summed E-state index contributed by atoms with van der Waals surface area (Å²) in [7, 11) is 1.63. The Morgan fingerprint density at radius 1 is 1.43 bits per heavy atom. The topological polar surface area (TPSA) is 37.9 Å². The molecule has 0 atom stereocenters. The Labute approximate surface area is 86.8 Å². The molecule has 0 aliphatic rings. The maximum atomic E-state index is 5.21. The average molecular weight is 206 g/mol. The first-order valence-electron chi connectivity index (χ1n) is 4.26. The molecule has 1 aromatic heterocycles. The lowest BCUT2D eigenvalue weighted by atomic mass is 10.2. The molecular formula is C10H10N2OS. The quantitative estimate of drug-likeness (QED) is 0.729. The third-order valence-electron chi connectivity index (χ3n) is 2.13. The van der Waals surface area contributed by atoms with Gasteiger partial charge >= 0.3 is 0 Å². The van der Waals surface area contributed by atoms with E-state index in [0.717, 1.165) is 22.3 Å². The van der Waals surface area contributed by atoms with Gasteiger partial charge in [-0.25, -0.2) is 4.98 Å². The van der Waals surface area contributed by atoms with E-state index in [1.54, 1.807) is 7.11 Å². The lowest BCUT2D eigenvalue weighted by Crippen LogP contribution is -1.92. The Balaban J connectivity index is 2.93. The Bertz CT molecular complexity index is 533. The van der Waals surface area contributed by atoms with Crippen molar-refractivity contribution >= 4 is 23.1 Å². The molecule has 0 amide bonds. The molecule has 0 unspecified atom stereocenters. The lowest BCUT2D eigenvalue weighted by Gasteiger charge is -2.05. The van der Waals surface area contributed by atoms with Gasteiger partial charge in [-0.2, -0.15) is 0 Å². The molecule has 0 aliphatic carbocycles. The lowest BCUT2D eigenvalue weighted by molar-refractivity contribution is 0.419. The Morgan fingerprint density at radius 2 is 2.21 bits per heavy atom. The highest BCUT2D eigenvalue weighted by atomic mass is 32.1. The van der Waals surface area contributed by atoms with Gasteiger partial charge < -0.3 is 9.72 Å². The summed E-state index contributed by atoms with van der Waals surface area (Å²) in [5, 5.41) is 1.04. The van der Waals surface area contributed by atoms with Crippen molar-refractivity contribution in [3.8, 4) is 5.75 Å². The Morgan fingerprint density at radius 3 is 2.93 bits per heavy atom. The number of nitrogens with zero attached hydrogens (tertiary/aromatic N) is 1. The van der Waals surface area contributed by atoms with Crippen LogP contribution in [0.3, 0.4) is 0 Å². The van der Waals surface area contributed by atoms with E-state index >= 15 is 0 Å². The molecule has 0 radical (unpaired) electrons. The second kappa shape index (κ2) is 3.38. The highest BCUT2D eigenvalue weighted by Gasteiger charge is 2.04. The molecule has 1 aromatic carbocycles. The zero-order valence-corrected chi connectivity index (χ0v) is 8.81. The van der Waals surface area contributed by atoms with Crippen LogP contribution in [0.15, 0.2) is 18.2 Å². The maximum Gasteiger partial charge on any atom is 0.197 e. The predicted octanol–water partition coefficient (Wildman–Crippen LogP) is 2.61. The second-order valence-corrected chi connectivity index (χ2v) is 3.41. The minimum absolute atomic E-state index is 0.486. The summed E-state index contributed by atoms with van der Waals surface area (Å²) in [4.78, 5) is 7.25. The number of H-pyrrole nitrogens is 1. The number of aromatic nitrogens is 2. The van der Waals surface area contributed by atoms with Gasteiger partial charge in [0.15, 0.2) is 4.77 Å². The number of aryl methyl sites for hydroxylation is 1. The monoisotopic (exact) mass is 206 g/mol. The van der Waals surface area contributed by atoms with Crippen molar-refractivity contribution in [1.29, 1.82) is 0 Å². The van der Waals surface area contributed by atoms with Gasteiger partial charge in [0.05, 0.1) is 7.11 Å². The molecule has 0 saturated carbocycles. The number of rotatable bonds is 1. The van der Waals surface area contributed by atoms with Crippen LogP contribution in [0.1, 0.15) is 5.69 Å². The van der Waals surface area contributed by atoms with Gasteiger partial charge in [-0.1, -0.05) is 12.1 Å². The SMILES string of the molecule is COc1cccc2c(C)[nH]c(=S)nc12. The standard InChI is InChI=1S/C10H10N2OS/c1-6-7-4-3-5-8(13-2)9(7)12-10(14)11-6/h3-5H,1-2H3,(H,11,12,14). The van der Waals surface area contributed by atoms with E-state index in [1.165, 1.54) is 0 Å². The smallest absolute Gasteiger partial charge is 0.197 e. The van der Waals surface area contributed by atoms with E-state index in [0.29, 0.717) is 4.77 Å². The van der Waals surface area contributed by atoms with Crippen molar-refractivity contribution in [3.63, 3.8) is 0 Å². The maximum absolute atomic E-state index is 5.21. The van der Waals surface area contributed by atoms with E-state index in [9.17, 15) is 0 Å². The van der Waals surface area contributed by atoms with E-state index in [4.69, 9.17) is 17.0 Å². The molecule has 3 nitrogen and oxygen atoms in total. The summed E-state index contributed by atoms with van der Waals surface area (Å²) < 4.78 is 5.70. The van der Waals surface area contributed by atoms with Crippen LogP contribution in [0.5, 0.6) is 5.75 Å². The Hall–Kier alpha value is -1.42. The molecule has 72 valence electrons. The van der Waals surface area contributed by atoms with Crippen molar-refractivity contribution < 1.29 is 4.74 Å². The van der Waals surface area contributed by atoms with Crippen LogP contribution in [0.25, 0.3) is 10.9 Å². The zero-order valence-electron chi connectivity index (χ0n) is 8.00. The first kappa shape index (κ1) is 9.15. The molecule has 2 aromatic rings. The van der Waals surface area contributed by atoms with Crippen LogP contribution < -0.4 is 4.74 Å². The minimum atomic E-state index is 0.486. The normalized spacial score (nSPS) is 10.4. The van der Waals surface area contributed by atoms with Gasteiger partial charge in [-0.05, 0) is 25.2 Å². The highest BCUT2D eigenvalue weighted by Crippen LogP contribution is 2.24. The summed E-state index contributed by atoms with van der Waals surface area (Å²) in [5.74, 6) is 0.755. The van der Waals surface area contributed by atoms with Gasteiger partial charge in [0, 0.05) is 11.1 Å². The number of aromatic amines is 1. The fourth-order valence-electron chi connectivity index (χ4n) is 1.46. The molecule has 4 heteroatoms. The first-order chi connectivity index (χ1) is 6.72. The first-order valence-corrected chi connectivity index (χ1v) is 4.67. The predicted molar refractivity (Wildman–Crippen MR) is 58.2 cm³/mol. The van der Waals surface area contributed by atoms with Gasteiger partial charge in [0.2, 0.25) is 0 Å². The third-order valence-corrected chi connectivity index (χ3v) is 2.32. The van der Waals surface area contributed by atoms with Gasteiger partial charge in [-0.3, -0.25) is 0 Å². The minimum Gasteiger partial charge on any atom is -0.494 e. The number of fused-ring (bicyclic) bond motifs is 1. The molecular weight excluding hydrogens is 196 g/mol. The molecule has 14 heavy (non-hydrogen) atoms. The van der Waals surface area contributed by atoms with Crippen LogP contribution in [0.2, 0.25) is 0 Å². The summed E-state index contributed by atoms with van der Waals surface area (Å²) in [5.41, 5.74) is 1.83. The number of para-hydroxylation sites is 1. The highest BCUT2D eigenvalue weighted by molar-refractivity contribution is 7.71. The van der Waals surface area contributed by atoms with Gasteiger partial charge in [0.1, 0.15) is 11.3 Å².